The van der Waals surface area contributed by atoms with E-state index in [2.05, 4.69) is 36.6 Å². The third-order valence-electron chi connectivity index (χ3n) is 7.16. The van der Waals surface area contributed by atoms with Crippen molar-refractivity contribution >= 4 is 54.6 Å². The molecule has 0 bridgehead atoms. The van der Waals surface area contributed by atoms with Gasteiger partial charge in [0.2, 0.25) is 5.69 Å². The molecule has 7 aromatic rings. The van der Waals surface area contributed by atoms with Crippen molar-refractivity contribution < 1.29 is 17.8 Å². The predicted molar refractivity (Wildman–Crippen MR) is 135 cm³/mol. The summed E-state index contributed by atoms with van der Waals surface area (Å²) in [6.07, 6.45) is 2.04. The summed E-state index contributed by atoms with van der Waals surface area (Å²) in [5.41, 5.74) is 7.25. The van der Waals surface area contributed by atoms with E-state index >= 15 is 0 Å². The number of pyridine rings is 1. The van der Waals surface area contributed by atoms with Crippen LogP contribution in [0.25, 0.3) is 65.9 Å². The minimum atomic E-state index is -0.345. The Labute approximate surface area is 194 Å². The maximum Gasteiger partial charge on any atom is 0.224 e. The molecule has 0 saturated carbocycles. The fraction of sp³-hybridized carbons (Fsp3) is 0.100. The molecule has 0 aliphatic carbocycles. The first-order valence-electron chi connectivity index (χ1n) is 11.4. The number of nitrogens with zero attached hydrogens (tertiary/aromatic N) is 1. The summed E-state index contributed by atoms with van der Waals surface area (Å²) in [4.78, 5) is 0. The SMILES string of the molecule is Cc1cc2c(oc3ccccc32)c(-c2c3ccc4c5cccc(F)c5oc4c3cc[n+]2C)c1C. The van der Waals surface area contributed by atoms with Gasteiger partial charge in [0.05, 0.1) is 10.9 Å². The van der Waals surface area contributed by atoms with Gasteiger partial charge in [-0.15, -0.1) is 0 Å². The summed E-state index contributed by atoms with van der Waals surface area (Å²) in [6.45, 7) is 4.29. The smallest absolute Gasteiger partial charge is 0.224 e. The van der Waals surface area contributed by atoms with Crippen LogP contribution in [-0.2, 0) is 7.05 Å². The maximum absolute atomic E-state index is 14.5. The summed E-state index contributed by atoms with van der Waals surface area (Å²) in [5.74, 6) is -0.345. The molecule has 0 spiro atoms. The monoisotopic (exact) mass is 446 g/mol. The molecule has 3 heterocycles. The van der Waals surface area contributed by atoms with Crippen molar-refractivity contribution in [2.45, 2.75) is 13.8 Å². The topological polar surface area (TPSA) is 30.2 Å². The highest BCUT2D eigenvalue weighted by Gasteiger charge is 2.26. The van der Waals surface area contributed by atoms with E-state index in [1.807, 2.05) is 49.6 Å². The van der Waals surface area contributed by atoms with Crippen LogP contribution in [0.4, 0.5) is 4.39 Å². The van der Waals surface area contributed by atoms with Crippen LogP contribution in [0.1, 0.15) is 11.1 Å². The Morgan fingerprint density at radius 1 is 0.676 bits per heavy atom. The van der Waals surface area contributed by atoms with Gasteiger partial charge in [-0.2, -0.15) is 0 Å². The van der Waals surface area contributed by atoms with Gasteiger partial charge in [-0.25, -0.2) is 8.96 Å². The number of halogens is 1. The molecule has 0 radical (unpaired) electrons. The number of hydrogen-bond acceptors (Lipinski definition) is 2. The van der Waals surface area contributed by atoms with Gasteiger partial charge in [0.1, 0.15) is 23.8 Å². The lowest BCUT2D eigenvalue weighted by Gasteiger charge is -2.11. The zero-order valence-corrected chi connectivity index (χ0v) is 19.1. The molecule has 4 aromatic carbocycles. The summed E-state index contributed by atoms with van der Waals surface area (Å²) >= 11 is 0. The Bertz CT molecular complexity index is 1960. The highest BCUT2D eigenvalue weighted by Crippen LogP contribution is 2.42. The van der Waals surface area contributed by atoms with E-state index in [4.69, 9.17) is 8.83 Å². The number of hydrogen-bond donors (Lipinski definition) is 0. The standard InChI is InChI=1S/C30H21FNO2/c1-16-15-23-18-7-4-5-10-25(18)33-30(23)26(17(16)2)27-19-11-12-21-20-8-6-9-24(31)29(20)34-28(21)22(19)13-14-32(27)3/h4-15H,1-3H3/q+1. The number of aromatic nitrogens is 1. The van der Waals surface area contributed by atoms with Gasteiger partial charge in [-0.1, -0.05) is 30.3 Å². The van der Waals surface area contributed by atoms with E-state index in [1.165, 1.54) is 17.2 Å². The molecule has 0 amide bonds. The minimum Gasteiger partial charge on any atom is -0.455 e. The number of aryl methyl sites for hydroxylation is 2. The Hall–Kier alpha value is -4.18. The molecule has 0 aliphatic heterocycles. The molecule has 164 valence electrons. The fourth-order valence-corrected chi connectivity index (χ4v) is 5.35. The zero-order valence-electron chi connectivity index (χ0n) is 19.1. The van der Waals surface area contributed by atoms with E-state index in [0.717, 1.165) is 54.7 Å². The first kappa shape index (κ1) is 19.3. The van der Waals surface area contributed by atoms with E-state index < -0.39 is 0 Å². The molecule has 7 rings (SSSR count). The largest absolute Gasteiger partial charge is 0.455 e. The van der Waals surface area contributed by atoms with Crippen LogP contribution in [-0.4, -0.2) is 0 Å². The van der Waals surface area contributed by atoms with E-state index in [9.17, 15) is 4.39 Å². The van der Waals surface area contributed by atoms with E-state index in [1.54, 1.807) is 6.07 Å². The predicted octanol–water partition coefficient (Wildman–Crippen LogP) is 7.89. The van der Waals surface area contributed by atoms with Gasteiger partial charge < -0.3 is 8.83 Å². The zero-order chi connectivity index (χ0) is 23.1. The van der Waals surface area contributed by atoms with Gasteiger partial charge in [0, 0.05) is 33.0 Å². The Balaban J connectivity index is 1.66. The molecule has 0 saturated heterocycles. The minimum absolute atomic E-state index is 0.297. The fourth-order valence-electron chi connectivity index (χ4n) is 5.35. The molecule has 3 aromatic heterocycles. The summed E-state index contributed by atoms with van der Waals surface area (Å²) in [5, 5.41) is 5.91. The molecular formula is C30H21FNO2+. The highest BCUT2D eigenvalue weighted by atomic mass is 19.1. The number of furan rings is 2. The molecule has 0 fully saturated rings. The van der Waals surface area contributed by atoms with Crippen molar-refractivity contribution in [1.29, 1.82) is 0 Å². The average Bonchev–Trinajstić information content (AvgIpc) is 3.40. The molecule has 4 heteroatoms. The summed E-state index contributed by atoms with van der Waals surface area (Å²) in [7, 11) is 2.05. The van der Waals surface area contributed by atoms with Crippen LogP contribution in [0.5, 0.6) is 0 Å². The maximum atomic E-state index is 14.5. The van der Waals surface area contributed by atoms with Gasteiger partial charge in [-0.05, 0) is 55.3 Å². The van der Waals surface area contributed by atoms with Gasteiger partial charge in [0.15, 0.2) is 17.6 Å². The van der Waals surface area contributed by atoms with Crippen LogP contribution >= 0.6 is 0 Å². The molecule has 0 atom stereocenters. The third kappa shape index (κ3) is 2.43. The summed E-state index contributed by atoms with van der Waals surface area (Å²) in [6, 6.07) is 21.6. The second-order valence-electron chi connectivity index (χ2n) is 9.07. The molecule has 0 unspecified atom stereocenters. The lowest BCUT2D eigenvalue weighted by Crippen LogP contribution is -2.30. The van der Waals surface area contributed by atoms with Crippen LogP contribution < -0.4 is 4.57 Å². The number of para-hydroxylation sites is 2. The quantitative estimate of drug-likeness (QED) is 0.240. The van der Waals surface area contributed by atoms with E-state index in [0.29, 0.717) is 11.2 Å². The number of rotatable bonds is 1. The van der Waals surface area contributed by atoms with Crippen molar-refractivity contribution in [3.63, 3.8) is 0 Å². The van der Waals surface area contributed by atoms with Gasteiger partial charge in [0.25, 0.3) is 0 Å². The first-order chi connectivity index (χ1) is 16.5. The molecule has 0 N–H and O–H groups in total. The highest BCUT2D eigenvalue weighted by molar-refractivity contribution is 6.18. The lowest BCUT2D eigenvalue weighted by molar-refractivity contribution is -0.659. The van der Waals surface area contributed by atoms with Crippen molar-refractivity contribution in [2.24, 2.45) is 7.05 Å². The molecule has 34 heavy (non-hydrogen) atoms. The van der Waals surface area contributed by atoms with Gasteiger partial charge >= 0.3 is 0 Å². The number of benzene rings is 4. The van der Waals surface area contributed by atoms with Crippen LogP contribution in [0.15, 0.2) is 81.8 Å². The van der Waals surface area contributed by atoms with Crippen molar-refractivity contribution in [1.82, 2.24) is 0 Å². The lowest BCUT2D eigenvalue weighted by atomic mass is 9.93. The molecular weight excluding hydrogens is 425 g/mol. The Morgan fingerprint density at radius 3 is 2.29 bits per heavy atom. The van der Waals surface area contributed by atoms with Gasteiger partial charge in [-0.3, -0.25) is 0 Å². The van der Waals surface area contributed by atoms with E-state index in [-0.39, 0.29) is 5.82 Å². The Morgan fingerprint density at radius 2 is 1.41 bits per heavy atom. The van der Waals surface area contributed by atoms with Crippen LogP contribution in [0.3, 0.4) is 0 Å². The molecule has 0 aliphatic rings. The average molecular weight is 447 g/mol. The third-order valence-corrected chi connectivity index (χ3v) is 7.16. The first-order valence-corrected chi connectivity index (χ1v) is 11.4. The second-order valence-corrected chi connectivity index (χ2v) is 9.07. The van der Waals surface area contributed by atoms with Crippen molar-refractivity contribution in [3.05, 3.63) is 89.9 Å². The number of fused-ring (bicyclic) bond motifs is 8. The molecule has 3 nitrogen and oxygen atoms in total. The summed E-state index contributed by atoms with van der Waals surface area (Å²) < 4.78 is 29.2. The normalized spacial score (nSPS) is 12.1. The van der Waals surface area contributed by atoms with Crippen molar-refractivity contribution in [2.75, 3.05) is 0 Å². The Kier molecular flexibility index (Phi) is 3.79. The van der Waals surface area contributed by atoms with Crippen LogP contribution in [0, 0.1) is 19.7 Å². The van der Waals surface area contributed by atoms with Crippen LogP contribution in [0.2, 0.25) is 0 Å². The second kappa shape index (κ2) is 6.67. The van der Waals surface area contributed by atoms with Crippen molar-refractivity contribution in [3.8, 4) is 11.3 Å².